The van der Waals surface area contributed by atoms with Crippen molar-refractivity contribution in [3.8, 4) is 0 Å². The lowest BCUT2D eigenvalue weighted by atomic mass is 10.0. The highest BCUT2D eigenvalue weighted by molar-refractivity contribution is 7.88. The second-order valence-corrected chi connectivity index (χ2v) is 8.26. The molecule has 0 bridgehead atoms. The number of carbonyl (C=O) groups excluding carboxylic acids is 1. The minimum absolute atomic E-state index is 0.0831. The number of benzene rings is 2. The fraction of sp³-hybridized carbons (Fsp3) is 0.278. The van der Waals surface area contributed by atoms with Gasteiger partial charge in [-0.1, -0.05) is 35.9 Å². The highest BCUT2D eigenvalue weighted by Crippen LogP contribution is 2.21. The molecule has 140 valence electrons. The molecule has 0 fully saturated rings. The SMILES string of the molecule is C[C@@H](NC(=O)C[C@@H](NS(C)(=O)=O)c1ccc(Cl)cc1)c1ccc(F)cc1. The molecule has 2 N–H and O–H groups in total. The van der Waals surface area contributed by atoms with Gasteiger partial charge in [0.15, 0.2) is 0 Å². The van der Waals surface area contributed by atoms with Crippen molar-refractivity contribution in [1.29, 1.82) is 0 Å². The van der Waals surface area contributed by atoms with Crippen LogP contribution in [0.1, 0.15) is 36.6 Å². The van der Waals surface area contributed by atoms with E-state index < -0.39 is 16.1 Å². The topological polar surface area (TPSA) is 75.3 Å². The van der Waals surface area contributed by atoms with Crippen LogP contribution in [-0.2, 0) is 14.8 Å². The Bertz CT molecular complexity index is 855. The van der Waals surface area contributed by atoms with Gasteiger partial charge >= 0.3 is 0 Å². The van der Waals surface area contributed by atoms with E-state index in [1.165, 1.54) is 12.1 Å². The van der Waals surface area contributed by atoms with Crippen LogP contribution in [0.5, 0.6) is 0 Å². The van der Waals surface area contributed by atoms with Crippen LogP contribution < -0.4 is 10.0 Å². The van der Waals surface area contributed by atoms with Crippen molar-refractivity contribution in [1.82, 2.24) is 10.0 Å². The molecule has 0 saturated carbocycles. The Hall–Kier alpha value is -1.96. The standard InChI is InChI=1S/C18H20ClFN2O3S/c1-12(13-5-9-16(20)10-6-13)21-18(23)11-17(22-26(2,24)25)14-3-7-15(19)8-4-14/h3-10,12,17,22H,11H2,1-2H3,(H,21,23)/t12-,17-/m1/s1. The highest BCUT2D eigenvalue weighted by atomic mass is 35.5. The summed E-state index contributed by atoms with van der Waals surface area (Å²) < 4.78 is 38.7. The van der Waals surface area contributed by atoms with Crippen LogP contribution in [0.4, 0.5) is 4.39 Å². The summed E-state index contributed by atoms with van der Waals surface area (Å²) >= 11 is 5.86. The molecule has 2 atom stereocenters. The Morgan fingerprint density at radius 2 is 1.62 bits per heavy atom. The second-order valence-electron chi connectivity index (χ2n) is 6.04. The molecule has 0 aliphatic rings. The molecule has 0 unspecified atom stereocenters. The number of nitrogens with one attached hydrogen (secondary N) is 2. The fourth-order valence-electron chi connectivity index (χ4n) is 2.50. The van der Waals surface area contributed by atoms with Crippen molar-refractivity contribution in [2.75, 3.05) is 6.26 Å². The van der Waals surface area contributed by atoms with Crippen molar-refractivity contribution in [3.05, 3.63) is 70.5 Å². The fourth-order valence-corrected chi connectivity index (χ4v) is 3.36. The lowest BCUT2D eigenvalue weighted by Crippen LogP contribution is -2.34. The van der Waals surface area contributed by atoms with Crippen LogP contribution in [0.2, 0.25) is 5.02 Å². The van der Waals surface area contributed by atoms with Gasteiger partial charge in [0.1, 0.15) is 5.82 Å². The van der Waals surface area contributed by atoms with Crippen molar-refractivity contribution >= 4 is 27.5 Å². The molecule has 0 aliphatic heterocycles. The van der Waals surface area contributed by atoms with Gasteiger partial charge in [0.2, 0.25) is 15.9 Å². The summed E-state index contributed by atoms with van der Waals surface area (Å²) in [6.07, 6.45) is 0.954. The number of hydrogen-bond acceptors (Lipinski definition) is 3. The third-order valence-electron chi connectivity index (χ3n) is 3.77. The number of halogens is 2. The van der Waals surface area contributed by atoms with E-state index in [0.717, 1.165) is 11.8 Å². The minimum atomic E-state index is -3.52. The van der Waals surface area contributed by atoms with Gasteiger partial charge in [-0.15, -0.1) is 0 Å². The maximum absolute atomic E-state index is 13.0. The van der Waals surface area contributed by atoms with Crippen LogP contribution in [-0.4, -0.2) is 20.6 Å². The van der Waals surface area contributed by atoms with E-state index in [4.69, 9.17) is 11.6 Å². The van der Waals surface area contributed by atoms with E-state index in [0.29, 0.717) is 10.6 Å². The third-order valence-corrected chi connectivity index (χ3v) is 4.73. The molecule has 2 rings (SSSR count). The van der Waals surface area contributed by atoms with Crippen LogP contribution in [0.25, 0.3) is 0 Å². The molecular formula is C18H20ClFN2O3S. The lowest BCUT2D eigenvalue weighted by molar-refractivity contribution is -0.122. The number of sulfonamides is 1. The van der Waals surface area contributed by atoms with Crippen molar-refractivity contribution < 1.29 is 17.6 Å². The van der Waals surface area contributed by atoms with Gasteiger partial charge in [-0.3, -0.25) is 4.79 Å². The van der Waals surface area contributed by atoms with Crippen molar-refractivity contribution in [2.24, 2.45) is 0 Å². The Kier molecular flexibility index (Phi) is 6.75. The molecule has 2 aromatic rings. The largest absolute Gasteiger partial charge is 0.350 e. The summed E-state index contributed by atoms with van der Waals surface area (Å²) in [6, 6.07) is 11.4. The van der Waals surface area contributed by atoms with E-state index >= 15 is 0 Å². The summed E-state index contributed by atoms with van der Waals surface area (Å²) in [7, 11) is -3.52. The highest BCUT2D eigenvalue weighted by Gasteiger charge is 2.21. The Labute approximate surface area is 157 Å². The zero-order valence-corrected chi connectivity index (χ0v) is 15.9. The zero-order valence-electron chi connectivity index (χ0n) is 14.4. The Balaban J connectivity index is 2.10. The van der Waals surface area contributed by atoms with Gasteiger partial charge in [0.05, 0.1) is 18.3 Å². The van der Waals surface area contributed by atoms with Crippen LogP contribution in [0.3, 0.4) is 0 Å². The molecule has 0 spiro atoms. The zero-order chi connectivity index (χ0) is 19.3. The average molecular weight is 399 g/mol. The molecule has 5 nitrogen and oxygen atoms in total. The van der Waals surface area contributed by atoms with E-state index in [9.17, 15) is 17.6 Å². The van der Waals surface area contributed by atoms with Gasteiger partial charge in [0, 0.05) is 11.4 Å². The van der Waals surface area contributed by atoms with Crippen molar-refractivity contribution in [3.63, 3.8) is 0 Å². The molecule has 0 radical (unpaired) electrons. The maximum Gasteiger partial charge on any atom is 0.222 e. The molecule has 0 heterocycles. The molecule has 0 aliphatic carbocycles. The predicted molar refractivity (Wildman–Crippen MR) is 99.7 cm³/mol. The van der Waals surface area contributed by atoms with Gasteiger partial charge in [-0.05, 0) is 42.3 Å². The predicted octanol–water partition coefficient (Wildman–Crippen LogP) is 3.34. The second kappa shape index (κ2) is 8.62. The first-order chi connectivity index (χ1) is 12.1. The minimum Gasteiger partial charge on any atom is -0.350 e. The molecule has 0 aromatic heterocycles. The number of carbonyl (C=O) groups is 1. The average Bonchev–Trinajstić information content (AvgIpc) is 2.54. The summed E-state index contributed by atoms with van der Waals surface area (Å²) in [5.74, 6) is -0.689. The van der Waals surface area contributed by atoms with Gasteiger partial charge in [0.25, 0.3) is 0 Å². The third kappa shape index (κ3) is 6.40. The number of hydrogen-bond donors (Lipinski definition) is 2. The quantitative estimate of drug-likeness (QED) is 0.751. The van der Waals surface area contributed by atoms with E-state index in [1.54, 1.807) is 43.3 Å². The van der Waals surface area contributed by atoms with E-state index in [-0.39, 0.29) is 24.2 Å². The van der Waals surface area contributed by atoms with Crippen molar-refractivity contribution in [2.45, 2.75) is 25.4 Å². The Morgan fingerprint density at radius 1 is 1.08 bits per heavy atom. The van der Waals surface area contributed by atoms with Gasteiger partial charge in [-0.25, -0.2) is 17.5 Å². The smallest absolute Gasteiger partial charge is 0.222 e. The molecule has 2 aromatic carbocycles. The van der Waals surface area contributed by atoms with Crippen LogP contribution in [0, 0.1) is 5.82 Å². The summed E-state index contributed by atoms with van der Waals surface area (Å²) in [6.45, 7) is 1.77. The normalized spacial score (nSPS) is 13.8. The molecule has 0 saturated heterocycles. The number of rotatable bonds is 7. The molecule has 8 heteroatoms. The van der Waals surface area contributed by atoms with Gasteiger partial charge < -0.3 is 5.32 Å². The summed E-state index contributed by atoms with van der Waals surface area (Å²) in [5.41, 5.74) is 1.38. The van der Waals surface area contributed by atoms with Crippen LogP contribution in [0.15, 0.2) is 48.5 Å². The molecular weight excluding hydrogens is 379 g/mol. The lowest BCUT2D eigenvalue weighted by Gasteiger charge is -2.20. The van der Waals surface area contributed by atoms with E-state index in [1.807, 2.05) is 0 Å². The Morgan fingerprint density at radius 3 is 2.15 bits per heavy atom. The maximum atomic E-state index is 13.0. The first kappa shape index (κ1) is 20.4. The summed E-state index contributed by atoms with van der Waals surface area (Å²) in [5, 5.41) is 3.31. The monoisotopic (exact) mass is 398 g/mol. The number of amides is 1. The van der Waals surface area contributed by atoms with Crippen LogP contribution >= 0.6 is 11.6 Å². The first-order valence-corrected chi connectivity index (χ1v) is 10.2. The molecule has 26 heavy (non-hydrogen) atoms. The molecule has 1 amide bonds. The first-order valence-electron chi connectivity index (χ1n) is 7.91. The summed E-state index contributed by atoms with van der Waals surface area (Å²) in [4.78, 5) is 12.4. The van der Waals surface area contributed by atoms with Gasteiger partial charge in [-0.2, -0.15) is 0 Å². The van der Waals surface area contributed by atoms with E-state index in [2.05, 4.69) is 10.0 Å².